The number of rotatable bonds is 6. The molecule has 0 radical (unpaired) electrons. The number of hydrogen-bond donors (Lipinski definition) is 2. The molecule has 4 heteroatoms. The third-order valence-electron chi connectivity index (χ3n) is 2.38. The number of morpholine rings is 1. The van der Waals surface area contributed by atoms with Crippen LogP contribution in [-0.4, -0.2) is 62.0 Å². The molecule has 0 bridgehead atoms. The first-order valence-corrected chi connectivity index (χ1v) is 5.51. The summed E-state index contributed by atoms with van der Waals surface area (Å²) in [4.78, 5) is 2.25. The van der Waals surface area contributed by atoms with Crippen LogP contribution in [0, 0.1) is 0 Å². The van der Waals surface area contributed by atoms with Crippen LogP contribution < -0.4 is 5.32 Å². The van der Waals surface area contributed by atoms with Crippen LogP contribution in [0.4, 0.5) is 0 Å². The lowest BCUT2D eigenvalue weighted by Gasteiger charge is -2.28. The van der Waals surface area contributed by atoms with Crippen molar-refractivity contribution in [3.05, 3.63) is 0 Å². The number of ether oxygens (including phenoxy) is 1. The molecule has 0 aromatic carbocycles. The van der Waals surface area contributed by atoms with Crippen molar-refractivity contribution in [2.75, 3.05) is 45.9 Å². The largest absolute Gasteiger partial charge is 0.390 e. The van der Waals surface area contributed by atoms with E-state index in [1.165, 1.54) is 0 Å². The van der Waals surface area contributed by atoms with Gasteiger partial charge < -0.3 is 15.2 Å². The van der Waals surface area contributed by atoms with Crippen LogP contribution in [-0.2, 0) is 4.74 Å². The summed E-state index contributed by atoms with van der Waals surface area (Å²) in [5.41, 5.74) is 0. The highest BCUT2D eigenvalue weighted by Crippen LogP contribution is 1.97. The van der Waals surface area contributed by atoms with Crippen molar-refractivity contribution >= 4 is 0 Å². The molecule has 1 heterocycles. The highest BCUT2D eigenvalue weighted by molar-refractivity contribution is 4.68. The predicted molar refractivity (Wildman–Crippen MR) is 56.4 cm³/mol. The first-order chi connectivity index (χ1) is 6.83. The quantitative estimate of drug-likeness (QED) is 0.579. The average Bonchev–Trinajstić information content (AvgIpc) is 2.20. The fourth-order valence-electron chi connectivity index (χ4n) is 1.59. The van der Waals surface area contributed by atoms with Crippen LogP contribution >= 0.6 is 0 Å². The van der Waals surface area contributed by atoms with Gasteiger partial charge >= 0.3 is 0 Å². The third kappa shape index (κ3) is 4.91. The SMILES string of the molecule is CCCNCC(O)CN1CCOCC1. The Morgan fingerprint density at radius 3 is 2.79 bits per heavy atom. The Morgan fingerprint density at radius 1 is 1.43 bits per heavy atom. The van der Waals surface area contributed by atoms with E-state index in [0.717, 1.165) is 45.8 Å². The van der Waals surface area contributed by atoms with Crippen LogP contribution in [0.1, 0.15) is 13.3 Å². The Balaban J connectivity index is 2.03. The van der Waals surface area contributed by atoms with Crippen LogP contribution in [0.5, 0.6) is 0 Å². The van der Waals surface area contributed by atoms with Gasteiger partial charge in [-0.15, -0.1) is 0 Å². The van der Waals surface area contributed by atoms with E-state index < -0.39 is 0 Å². The Kier molecular flexibility index (Phi) is 6.10. The topological polar surface area (TPSA) is 44.7 Å². The van der Waals surface area contributed by atoms with Gasteiger partial charge in [0.25, 0.3) is 0 Å². The maximum atomic E-state index is 9.68. The lowest BCUT2D eigenvalue weighted by Crippen LogP contribution is -2.43. The zero-order chi connectivity index (χ0) is 10.2. The van der Waals surface area contributed by atoms with E-state index in [0.29, 0.717) is 6.54 Å². The number of aliphatic hydroxyl groups is 1. The molecule has 14 heavy (non-hydrogen) atoms. The zero-order valence-corrected chi connectivity index (χ0v) is 9.04. The first kappa shape index (κ1) is 11.9. The Bertz CT molecular complexity index is 138. The van der Waals surface area contributed by atoms with E-state index in [2.05, 4.69) is 17.1 Å². The number of aliphatic hydroxyl groups excluding tert-OH is 1. The van der Waals surface area contributed by atoms with Gasteiger partial charge in [0.1, 0.15) is 0 Å². The molecule has 0 aromatic heterocycles. The second-order valence-electron chi connectivity index (χ2n) is 3.77. The Hall–Kier alpha value is -0.160. The Morgan fingerprint density at radius 2 is 2.14 bits per heavy atom. The number of β-amino-alcohol motifs (C(OH)–C–C–N with tert-alkyl or cyclic N) is 1. The van der Waals surface area contributed by atoms with Crippen molar-refractivity contribution in [3.63, 3.8) is 0 Å². The van der Waals surface area contributed by atoms with Gasteiger partial charge in [0.05, 0.1) is 19.3 Å². The lowest BCUT2D eigenvalue weighted by molar-refractivity contribution is 0.0150. The third-order valence-corrected chi connectivity index (χ3v) is 2.38. The van der Waals surface area contributed by atoms with Crippen molar-refractivity contribution in [3.8, 4) is 0 Å². The van der Waals surface area contributed by atoms with Gasteiger partial charge in [0.2, 0.25) is 0 Å². The maximum absolute atomic E-state index is 9.68. The van der Waals surface area contributed by atoms with Crippen molar-refractivity contribution in [1.82, 2.24) is 10.2 Å². The smallest absolute Gasteiger partial charge is 0.0791 e. The molecular formula is C10H22N2O2. The molecular weight excluding hydrogens is 180 g/mol. The second-order valence-corrected chi connectivity index (χ2v) is 3.77. The standard InChI is InChI=1S/C10H22N2O2/c1-2-3-11-8-10(13)9-12-4-6-14-7-5-12/h10-11,13H,2-9H2,1H3. The number of nitrogens with zero attached hydrogens (tertiary/aromatic N) is 1. The average molecular weight is 202 g/mol. The van der Waals surface area contributed by atoms with Gasteiger partial charge in [-0.05, 0) is 13.0 Å². The van der Waals surface area contributed by atoms with E-state index in [4.69, 9.17) is 4.74 Å². The van der Waals surface area contributed by atoms with E-state index in [1.54, 1.807) is 0 Å². The van der Waals surface area contributed by atoms with Crippen molar-refractivity contribution in [2.24, 2.45) is 0 Å². The zero-order valence-electron chi connectivity index (χ0n) is 9.04. The summed E-state index contributed by atoms with van der Waals surface area (Å²) in [5.74, 6) is 0. The monoisotopic (exact) mass is 202 g/mol. The molecule has 1 atom stereocenters. The predicted octanol–water partition coefficient (Wildman–Crippen LogP) is -0.321. The molecule has 1 unspecified atom stereocenters. The molecule has 1 rings (SSSR count). The maximum Gasteiger partial charge on any atom is 0.0791 e. The Labute approximate surface area is 86.2 Å². The molecule has 1 aliphatic heterocycles. The second kappa shape index (κ2) is 7.17. The minimum absolute atomic E-state index is 0.250. The summed E-state index contributed by atoms with van der Waals surface area (Å²) in [5, 5.41) is 12.9. The highest BCUT2D eigenvalue weighted by atomic mass is 16.5. The highest BCUT2D eigenvalue weighted by Gasteiger charge is 2.13. The van der Waals surface area contributed by atoms with Crippen LogP contribution in [0.2, 0.25) is 0 Å². The fraction of sp³-hybridized carbons (Fsp3) is 1.00. The molecule has 2 N–H and O–H groups in total. The lowest BCUT2D eigenvalue weighted by atomic mass is 10.3. The first-order valence-electron chi connectivity index (χ1n) is 5.51. The summed E-state index contributed by atoms with van der Waals surface area (Å²) in [6, 6.07) is 0. The molecule has 0 aliphatic carbocycles. The molecule has 1 saturated heterocycles. The van der Waals surface area contributed by atoms with Crippen molar-refractivity contribution < 1.29 is 9.84 Å². The van der Waals surface area contributed by atoms with Gasteiger partial charge in [-0.25, -0.2) is 0 Å². The van der Waals surface area contributed by atoms with Crippen LogP contribution in [0.3, 0.4) is 0 Å². The normalized spacial score (nSPS) is 21.0. The molecule has 4 nitrogen and oxygen atoms in total. The fourth-order valence-corrected chi connectivity index (χ4v) is 1.59. The molecule has 0 amide bonds. The summed E-state index contributed by atoms with van der Waals surface area (Å²) >= 11 is 0. The van der Waals surface area contributed by atoms with E-state index in [1.807, 2.05) is 0 Å². The van der Waals surface area contributed by atoms with E-state index >= 15 is 0 Å². The molecule has 84 valence electrons. The molecule has 0 spiro atoms. The van der Waals surface area contributed by atoms with Gasteiger partial charge in [-0.2, -0.15) is 0 Å². The summed E-state index contributed by atoms with van der Waals surface area (Å²) in [6.45, 7) is 8.08. The molecule has 0 saturated carbocycles. The number of nitrogens with one attached hydrogen (secondary N) is 1. The van der Waals surface area contributed by atoms with Gasteiger partial charge in [0, 0.05) is 26.2 Å². The van der Waals surface area contributed by atoms with Gasteiger partial charge in [0.15, 0.2) is 0 Å². The molecule has 0 aromatic rings. The van der Waals surface area contributed by atoms with E-state index in [9.17, 15) is 5.11 Å². The van der Waals surface area contributed by atoms with E-state index in [-0.39, 0.29) is 6.10 Å². The molecule has 1 fully saturated rings. The van der Waals surface area contributed by atoms with Gasteiger partial charge in [-0.1, -0.05) is 6.92 Å². The van der Waals surface area contributed by atoms with Crippen LogP contribution in [0.15, 0.2) is 0 Å². The summed E-state index contributed by atoms with van der Waals surface area (Å²) < 4.78 is 5.24. The van der Waals surface area contributed by atoms with Crippen molar-refractivity contribution in [1.29, 1.82) is 0 Å². The summed E-state index contributed by atoms with van der Waals surface area (Å²) in [6.07, 6.45) is 0.865. The van der Waals surface area contributed by atoms with Crippen molar-refractivity contribution in [2.45, 2.75) is 19.4 Å². The summed E-state index contributed by atoms with van der Waals surface area (Å²) in [7, 11) is 0. The number of hydrogen-bond acceptors (Lipinski definition) is 4. The minimum Gasteiger partial charge on any atom is -0.390 e. The minimum atomic E-state index is -0.250. The van der Waals surface area contributed by atoms with Gasteiger partial charge in [-0.3, -0.25) is 4.90 Å². The van der Waals surface area contributed by atoms with Crippen LogP contribution in [0.25, 0.3) is 0 Å². The molecule has 1 aliphatic rings.